The molecule has 7 rings (SSSR count). The van der Waals surface area contributed by atoms with E-state index in [2.05, 4.69) is 52.0 Å². The quantitative estimate of drug-likeness (QED) is 0.0217. The minimum atomic E-state index is -4.82. The van der Waals surface area contributed by atoms with Gasteiger partial charge in [-0.1, -0.05) is 30.3 Å². The van der Waals surface area contributed by atoms with Crippen molar-refractivity contribution in [2.24, 2.45) is 40.9 Å². The number of para-hydroxylation sites is 2. The van der Waals surface area contributed by atoms with Crippen LogP contribution in [-0.4, -0.2) is 109 Å². The van der Waals surface area contributed by atoms with Crippen molar-refractivity contribution >= 4 is 125 Å². The second-order valence-electron chi connectivity index (χ2n) is 16.4. The molecule has 7 aromatic rings. The van der Waals surface area contributed by atoms with E-state index in [1.807, 2.05) is 0 Å². The number of ether oxygens (including phenoxy) is 1. The SMILES string of the molecule is CS(=O)(=O)O.Cc1cc(N=Nc2c(C)c(C#N)c3nc4ccccc4n3c2O)c(OCCCS(=O)(=O)O)cc1N=Nc1cc(C)c(N=Nc2ccc(N=Nc3ccccc3)cc2S(=O)(=O)O)cc1SCCCS(=O)(=O)O.O=S(=O)=O. The van der Waals surface area contributed by atoms with Crippen molar-refractivity contribution in [3.8, 4) is 17.7 Å². The van der Waals surface area contributed by atoms with E-state index in [-0.39, 0.29) is 87.9 Å². The Hall–Kier alpha value is -7.85. The van der Waals surface area contributed by atoms with Crippen LogP contribution in [0, 0.1) is 32.1 Å². The Morgan fingerprint density at radius 2 is 1.19 bits per heavy atom. The zero-order valence-corrected chi connectivity index (χ0v) is 46.9. The van der Waals surface area contributed by atoms with Gasteiger partial charge in [-0.2, -0.15) is 59.4 Å². The number of fused-ring (bicyclic) bond motifs is 3. The molecule has 5 N–H and O–H groups in total. The Kier molecular flexibility index (Phi) is 21.5. The third-order valence-corrected chi connectivity index (χ3v) is 13.9. The summed E-state index contributed by atoms with van der Waals surface area (Å²) in [6.45, 7) is 4.75. The van der Waals surface area contributed by atoms with Crippen molar-refractivity contribution < 1.29 is 74.4 Å². The largest absolute Gasteiger partial charge is 0.493 e. The van der Waals surface area contributed by atoms with E-state index >= 15 is 0 Å². The fourth-order valence-corrected chi connectivity index (χ4v) is 9.55. The Labute approximate surface area is 462 Å². The lowest BCUT2D eigenvalue weighted by Gasteiger charge is -2.12. The molecule has 0 aliphatic carbocycles. The average Bonchev–Trinajstić information content (AvgIpc) is 3.75. The highest BCUT2D eigenvalue weighted by Gasteiger charge is 2.22. The third-order valence-electron chi connectivity index (χ3n) is 10.3. The molecule has 0 unspecified atom stereocenters. The van der Waals surface area contributed by atoms with Crippen LogP contribution >= 0.6 is 11.8 Å². The number of pyridine rings is 1. The molecule has 34 heteroatoms. The summed E-state index contributed by atoms with van der Waals surface area (Å²) in [6.07, 6.45) is 0.652. The van der Waals surface area contributed by atoms with Gasteiger partial charge in [0.2, 0.25) is 5.88 Å². The second-order valence-corrected chi connectivity index (χ2v) is 24.0. The second kappa shape index (κ2) is 27.3. The normalized spacial score (nSPS) is 12.2. The predicted molar refractivity (Wildman–Crippen MR) is 291 cm³/mol. The van der Waals surface area contributed by atoms with Gasteiger partial charge in [0.15, 0.2) is 11.3 Å². The van der Waals surface area contributed by atoms with Gasteiger partial charge in [-0.15, -0.1) is 44.8 Å². The molecule has 0 spiro atoms. The standard InChI is InChI=1S/C45H41N11O11S4.CH4O3S.O3S/c1-27-21-37(53-55-43-29(3)32(26-46)44-47-33-13-7-8-14-39(33)56(44)45(43)57)40(67-17-9-19-69(58,59)60)24-35(27)51-54-38-22-28(2)36(25-41(38)68-18-10-20-70(61,62)63)52-50-34-16-15-31(23-42(34)71(64,65)66)49-48-30-11-5-4-6-12-30;1-5(2,3)4;1-4(2)3/h4-8,11-16,21-25,57H,9-10,17-20H2,1-3H3,(H,58,59,60)(H,61,62,63)(H,64,65,66);1H3,(H,2,3,4);. The van der Waals surface area contributed by atoms with Crippen LogP contribution in [0.2, 0.25) is 0 Å². The maximum atomic E-state index is 12.5. The van der Waals surface area contributed by atoms with Gasteiger partial charge < -0.3 is 9.84 Å². The molecule has 5 aromatic carbocycles. The number of aryl methyl sites for hydroxylation is 2. The first kappa shape index (κ1) is 63.0. The maximum absolute atomic E-state index is 12.5. The number of imidazole rings is 1. The smallest absolute Gasteiger partial charge is 0.425 e. The molecule has 2 heterocycles. The van der Waals surface area contributed by atoms with Gasteiger partial charge >= 0.3 is 10.6 Å². The lowest BCUT2D eigenvalue weighted by atomic mass is 10.1. The molecule has 0 aliphatic heterocycles. The number of hydrogen-bond acceptors (Lipinski definition) is 24. The molecule has 0 aliphatic rings. The van der Waals surface area contributed by atoms with Crippen LogP contribution in [0.1, 0.15) is 35.1 Å². The molecular weight excluding hydrogens is 1170 g/mol. The molecule has 0 bridgehead atoms. The highest BCUT2D eigenvalue weighted by Crippen LogP contribution is 2.43. The minimum absolute atomic E-state index is 0.0329. The fraction of sp³-hybridized carbons (Fsp3) is 0.217. The van der Waals surface area contributed by atoms with Crippen LogP contribution in [0.15, 0.2) is 148 Å². The molecular formula is C46H45N11O17S6. The Bertz CT molecular complexity index is 4220. The van der Waals surface area contributed by atoms with Crippen LogP contribution < -0.4 is 4.74 Å². The summed E-state index contributed by atoms with van der Waals surface area (Å²) in [5, 5.41) is 55.9. The van der Waals surface area contributed by atoms with Gasteiger partial charge in [-0.25, -0.2) is 4.98 Å². The molecule has 0 radical (unpaired) electrons. The lowest BCUT2D eigenvalue weighted by Crippen LogP contribution is -2.08. The first-order chi connectivity index (χ1) is 37.4. The number of aromatic hydroxyl groups is 1. The van der Waals surface area contributed by atoms with Crippen LogP contribution in [0.5, 0.6) is 11.6 Å². The van der Waals surface area contributed by atoms with Crippen molar-refractivity contribution in [2.45, 2.75) is 43.4 Å². The van der Waals surface area contributed by atoms with Gasteiger partial charge in [0.1, 0.15) is 33.7 Å². The fourth-order valence-electron chi connectivity index (χ4n) is 6.78. The molecule has 80 heavy (non-hydrogen) atoms. The number of thioether (sulfide) groups is 1. The van der Waals surface area contributed by atoms with Crippen molar-refractivity contribution in [2.75, 3.05) is 30.1 Å². The lowest BCUT2D eigenvalue weighted by molar-refractivity contribution is 0.317. The molecule has 0 saturated heterocycles. The zero-order chi connectivity index (χ0) is 59.2. The topological polar surface area (TPSA) is 438 Å². The van der Waals surface area contributed by atoms with E-state index in [0.717, 1.165) is 17.8 Å². The van der Waals surface area contributed by atoms with Crippen LogP contribution in [0.3, 0.4) is 0 Å². The number of nitriles is 1. The molecule has 422 valence electrons. The van der Waals surface area contributed by atoms with E-state index in [0.29, 0.717) is 44.6 Å². The van der Waals surface area contributed by atoms with E-state index in [4.69, 9.17) is 21.9 Å². The number of benzene rings is 5. The number of rotatable bonds is 19. The number of hydrogen-bond donors (Lipinski definition) is 5. The van der Waals surface area contributed by atoms with Crippen molar-refractivity contribution in [1.29, 1.82) is 5.26 Å². The summed E-state index contributed by atoms with van der Waals surface area (Å²) in [7, 11) is -20.2. The first-order valence-electron chi connectivity index (χ1n) is 22.4. The van der Waals surface area contributed by atoms with Gasteiger partial charge in [-0.3, -0.25) is 22.6 Å². The van der Waals surface area contributed by atoms with E-state index in [9.17, 15) is 57.7 Å². The van der Waals surface area contributed by atoms with Crippen LogP contribution in [-0.2, 0) is 51.1 Å². The first-order valence-corrected chi connectivity index (χ1v) is 30.9. The van der Waals surface area contributed by atoms with Gasteiger partial charge in [-0.05, 0) is 111 Å². The molecule has 0 amide bonds. The van der Waals surface area contributed by atoms with Crippen LogP contribution in [0.4, 0.5) is 45.5 Å². The minimum Gasteiger partial charge on any atom is -0.493 e. The van der Waals surface area contributed by atoms with Crippen LogP contribution in [0.25, 0.3) is 16.7 Å². The predicted octanol–water partition coefficient (Wildman–Crippen LogP) is 10.4. The zero-order valence-electron chi connectivity index (χ0n) is 42.0. The number of aromatic nitrogens is 2. The van der Waals surface area contributed by atoms with E-state index in [1.54, 1.807) is 93.6 Å². The molecule has 0 atom stereocenters. The third kappa shape index (κ3) is 19.2. The molecule has 28 nitrogen and oxygen atoms in total. The summed E-state index contributed by atoms with van der Waals surface area (Å²) in [6, 6.07) is 27.8. The molecule has 0 fully saturated rings. The summed E-state index contributed by atoms with van der Waals surface area (Å²) in [5.41, 5.74) is 3.99. The highest BCUT2D eigenvalue weighted by molar-refractivity contribution is 7.99. The number of azo groups is 4. The Balaban J connectivity index is 0.00000121. The molecule has 0 saturated carbocycles. The van der Waals surface area contributed by atoms with E-state index in [1.165, 1.54) is 22.6 Å². The van der Waals surface area contributed by atoms with Gasteiger partial charge in [0.05, 0.1) is 63.8 Å². The average molecular weight is 1220 g/mol. The number of nitrogens with zero attached hydrogens (tertiary/aromatic N) is 11. The van der Waals surface area contributed by atoms with Crippen molar-refractivity contribution in [3.05, 3.63) is 119 Å². The highest BCUT2D eigenvalue weighted by atomic mass is 32.2. The van der Waals surface area contributed by atoms with Gasteiger partial charge in [0, 0.05) is 16.5 Å². The van der Waals surface area contributed by atoms with Crippen molar-refractivity contribution in [3.63, 3.8) is 0 Å². The summed E-state index contributed by atoms with van der Waals surface area (Å²) >= 11 is 1.16. The Morgan fingerprint density at radius 1 is 0.650 bits per heavy atom. The van der Waals surface area contributed by atoms with Crippen molar-refractivity contribution in [1.82, 2.24) is 9.38 Å². The molecule has 2 aromatic heterocycles. The summed E-state index contributed by atoms with van der Waals surface area (Å²) in [5.74, 6) is -1.21. The summed E-state index contributed by atoms with van der Waals surface area (Å²) < 4.78 is 158. The monoisotopic (exact) mass is 1220 g/mol. The van der Waals surface area contributed by atoms with E-state index < -0.39 is 67.5 Å². The summed E-state index contributed by atoms with van der Waals surface area (Å²) in [4.78, 5) is 4.37. The Morgan fingerprint density at radius 3 is 1.80 bits per heavy atom. The van der Waals surface area contributed by atoms with Gasteiger partial charge in [0.25, 0.3) is 40.5 Å². The maximum Gasteiger partial charge on any atom is 0.425 e.